The van der Waals surface area contributed by atoms with E-state index in [0.29, 0.717) is 22.4 Å². The van der Waals surface area contributed by atoms with Crippen molar-refractivity contribution in [3.8, 4) is 106 Å². The molecule has 348 valence electrons. The summed E-state index contributed by atoms with van der Waals surface area (Å²) in [7, 11) is 0.0458. The molecule has 0 saturated heterocycles. The Hall–Kier alpha value is -8.28. The fraction of sp³-hybridized carbons (Fsp3) is 0.0339. The van der Waals surface area contributed by atoms with Crippen LogP contribution in [0.25, 0.3) is 101 Å². The standard InChI is InChI=1S/C59H43B3F3N3O3S/c60-58(61,62)46-28-30-56(68-37-46)42-27-29-53(57(36-42)71-72(69,70)59(63,64)65)52-16-6-5-15-51(52)45-34-43(49-13-3-1-11-47(49)38-19-23-40(24-20-38)54-17-7-9-31-66-54)33-44(35-45)50-14-4-2-12-48(50)39-21-25-41(26-22-39)55-18-8-10-32-67-55/h1-37H,60-62H2. The summed E-state index contributed by atoms with van der Waals surface area (Å²) in [5.41, 5.74) is 9.29. The minimum Gasteiger partial charge on any atom is -0.375 e. The lowest BCUT2D eigenvalue weighted by Crippen LogP contribution is -2.28. The SMILES string of the molecule is BC(B)(B)c1ccc(-c2ccc(-c3ccccc3-c3cc(-c4ccccc4-c4ccc(-c5ccccn5)cc4)cc(-c4ccccc4-c4ccc(-c5ccccn5)cc4)c3)c(OS(=O)(=O)C(F)(F)F)c2)nc1. The summed E-state index contributed by atoms with van der Waals surface area (Å²) in [5.74, 6) is -0.491. The van der Waals surface area contributed by atoms with Gasteiger partial charge in [-0.2, -0.15) is 21.6 Å². The maximum atomic E-state index is 14.2. The van der Waals surface area contributed by atoms with Crippen molar-refractivity contribution in [3.63, 3.8) is 0 Å². The third-order valence-corrected chi connectivity index (χ3v) is 13.6. The topological polar surface area (TPSA) is 82.0 Å². The molecule has 0 N–H and O–H groups in total. The molecule has 3 aromatic heterocycles. The van der Waals surface area contributed by atoms with E-state index in [1.165, 1.54) is 6.07 Å². The molecule has 0 bridgehead atoms. The molecule has 10 rings (SSSR count). The third kappa shape index (κ3) is 9.89. The molecule has 10 aromatic rings. The van der Waals surface area contributed by atoms with Crippen molar-refractivity contribution in [3.05, 3.63) is 230 Å². The minimum atomic E-state index is -6.10. The molecule has 3 heterocycles. The van der Waals surface area contributed by atoms with Gasteiger partial charge in [-0.15, -0.1) is 0 Å². The van der Waals surface area contributed by atoms with E-state index in [4.69, 9.17) is 4.18 Å². The van der Waals surface area contributed by atoms with Crippen LogP contribution in [0.5, 0.6) is 5.75 Å². The second-order valence-corrected chi connectivity index (χ2v) is 19.9. The van der Waals surface area contributed by atoms with Gasteiger partial charge in [-0.3, -0.25) is 15.0 Å². The lowest BCUT2D eigenvalue weighted by atomic mass is 9.40. The fourth-order valence-corrected chi connectivity index (χ4v) is 9.36. The number of pyridine rings is 3. The van der Waals surface area contributed by atoms with Crippen molar-refractivity contribution in [2.75, 3.05) is 0 Å². The van der Waals surface area contributed by atoms with Gasteiger partial charge in [-0.1, -0.05) is 151 Å². The van der Waals surface area contributed by atoms with Crippen LogP contribution in [0, 0.1) is 0 Å². The number of nitrogens with zero attached hydrogens (tertiary/aromatic N) is 3. The van der Waals surface area contributed by atoms with Gasteiger partial charge in [0.2, 0.25) is 0 Å². The summed E-state index contributed by atoms with van der Waals surface area (Å²) in [4.78, 5) is 13.7. The molecule has 6 nitrogen and oxygen atoms in total. The Bertz CT molecular complexity index is 3550. The normalized spacial score (nSPS) is 11.8. The van der Waals surface area contributed by atoms with Crippen LogP contribution in [-0.4, -0.2) is 52.4 Å². The lowest BCUT2D eigenvalue weighted by molar-refractivity contribution is -0.0499. The Morgan fingerprint density at radius 3 is 1.17 bits per heavy atom. The number of benzene rings is 7. The first-order chi connectivity index (χ1) is 34.7. The molecule has 0 atom stereocenters. The minimum absolute atomic E-state index is 0.141. The van der Waals surface area contributed by atoms with Gasteiger partial charge in [-0.05, 0) is 127 Å². The Kier molecular flexibility index (Phi) is 12.8. The Morgan fingerprint density at radius 1 is 0.375 bits per heavy atom. The van der Waals surface area contributed by atoms with Crippen molar-refractivity contribution in [2.45, 2.75) is 10.6 Å². The second kappa shape index (κ2) is 19.5. The number of hydrogen-bond acceptors (Lipinski definition) is 6. The van der Waals surface area contributed by atoms with Gasteiger partial charge in [0.05, 0.1) is 40.6 Å². The molecule has 7 aromatic carbocycles. The van der Waals surface area contributed by atoms with Crippen LogP contribution in [0.4, 0.5) is 13.2 Å². The Labute approximate surface area is 419 Å². The van der Waals surface area contributed by atoms with Crippen LogP contribution in [0.2, 0.25) is 0 Å². The number of halogens is 3. The zero-order chi connectivity index (χ0) is 50.0. The highest BCUT2D eigenvalue weighted by molar-refractivity contribution is 7.88. The first-order valence-corrected chi connectivity index (χ1v) is 24.7. The third-order valence-electron chi connectivity index (χ3n) is 12.6. The van der Waals surface area contributed by atoms with Gasteiger partial charge in [0.1, 0.15) is 0 Å². The average molecular weight is 964 g/mol. The smallest absolute Gasteiger partial charge is 0.375 e. The maximum Gasteiger partial charge on any atom is 0.534 e. The zero-order valence-corrected chi connectivity index (χ0v) is 40.3. The summed E-state index contributed by atoms with van der Waals surface area (Å²) < 4.78 is 73.3. The predicted molar refractivity (Wildman–Crippen MR) is 292 cm³/mol. The highest BCUT2D eigenvalue weighted by Gasteiger charge is 2.49. The van der Waals surface area contributed by atoms with Crippen molar-refractivity contribution in [2.24, 2.45) is 0 Å². The summed E-state index contributed by atoms with van der Waals surface area (Å²) in [6.07, 6.45) is 5.25. The highest BCUT2D eigenvalue weighted by Crippen LogP contribution is 2.45. The average Bonchev–Trinajstić information content (AvgIpc) is 3.41. The van der Waals surface area contributed by atoms with Gasteiger partial charge in [0, 0.05) is 40.8 Å². The largest absolute Gasteiger partial charge is 0.534 e. The predicted octanol–water partition coefficient (Wildman–Crippen LogP) is 12.1. The molecule has 0 fully saturated rings. The van der Waals surface area contributed by atoms with Crippen LogP contribution >= 0.6 is 0 Å². The maximum absolute atomic E-state index is 14.2. The molecule has 0 unspecified atom stereocenters. The lowest BCUT2D eigenvalue weighted by Gasteiger charge is -2.20. The molecule has 0 aliphatic carbocycles. The van der Waals surface area contributed by atoms with Crippen molar-refractivity contribution in [1.29, 1.82) is 0 Å². The number of rotatable bonds is 12. The Balaban J connectivity index is 1.15. The van der Waals surface area contributed by atoms with E-state index in [0.717, 1.165) is 78.1 Å². The van der Waals surface area contributed by atoms with Gasteiger partial charge in [0.15, 0.2) is 5.75 Å². The second-order valence-electron chi connectivity index (χ2n) is 18.4. The highest BCUT2D eigenvalue weighted by atomic mass is 32.2. The van der Waals surface area contributed by atoms with E-state index in [-0.39, 0.29) is 10.7 Å². The first-order valence-electron chi connectivity index (χ1n) is 23.3. The van der Waals surface area contributed by atoms with Gasteiger partial charge >= 0.3 is 15.6 Å². The van der Waals surface area contributed by atoms with Crippen LogP contribution in [0.15, 0.2) is 225 Å². The molecule has 72 heavy (non-hydrogen) atoms. The summed E-state index contributed by atoms with van der Waals surface area (Å²) >= 11 is 0. The monoisotopic (exact) mass is 963 g/mol. The molecule has 0 amide bonds. The van der Waals surface area contributed by atoms with Crippen molar-refractivity contribution < 1.29 is 25.8 Å². The molecule has 0 aliphatic heterocycles. The van der Waals surface area contributed by atoms with Crippen LogP contribution < -0.4 is 4.18 Å². The molecule has 0 spiro atoms. The molecule has 0 saturated carbocycles. The molecule has 13 heteroatoms. The van der Waals surface area contributed by atoms with Gasteiger partial charge < -0.3 is 4.18 Å². The fourth-order valence-electron chi connectivity index (χ4n) is 8.89. The number of aromatic nitrogens is 3. The summed E-state index contributed by atoms with van der Waals surface area (Å²) in [6.45, 7) is 0. The number of hydrogen-bond donors (Lipinski definition) is 0. The summed E-state index contributed by atoms with van der Waals surface area (Å²) in [6, 6.07) is 66.3. The van der Waals surface area contributed by atoms with Crippen LogP contribution in [0.3, 0.4) is 0 Å². The van der Waals surface area contributed by atoms with Crippen molar-refractivity contribution in [1.82, 2.24) is 15.0 Å². The molecule has 0 radical (unpaired) electrons. The van der Waals surface area contributed by atoms with E-state index in [2.05, 4.69) is 106 Å². The Morgan fingerprint density at radius 2 is 0.764 bits per heavy atom. The van der Waals surface area contributed by atoms with E-state index in [1.807, 2.05) is 102 Å². The van der Waals surface area contributed by atoms with E-state index in [1.54, 1.807) is 48.9 Å². The number of alkyl halides is 3. The van der Waals surface area contributed by atoms with E-state index >= 15 is 0 Å². The van der Waals surface area contributed by atoms with E-state index < -0.39 is 21.4 Å². The molecular weight excluding hydrogens is 920 g/mol. The van der Waals surface area contributed by atoms with Crippen molar-refractivity contribution >= 4 is 33.7 Å². The van der Waals surface area contributed by atoms with Gasteiger partial charge in [-0.25, -0.2) is 0 Å². The van der Waals surface area contributed by atoms with Gasteiger partial charge in [0.25, 0.3) is 0 Å². The van der Waals surface area contributed by atoms with Crippen LogP contribution in [0.1, 0.15) is 5.56 Å². The van der Waals surface area contributed by atoms with E-state index in [9.17, 15) is 21.6 Å². The summed E-state index contributed by atoms with van der Waals surface area (Å²) in [5, 5.41) is -0.201. The molecule has 0 aliphatic rings. The van der Waals surface area contributed by atoms with Crippen LogP contribution in [-0.2, 0) is 15.2 Å². The quantitative estimate of drug-likeness (QED) is 0.0689. The first kappa shape index (κ1) is 47.4. The molecular formula is C59H43B3F3N3O3S. The zero-order valence-electron chi connectivity index (χ0n) is 39.5.